The molecule has 4 rings (SSSR count). The number of hydrogen-bond donors (Lipinski definition) is 0. The van der Waals surface area contributed by atoms with Crippen molar-refractivity contribution < 1.29 is 14.3 Å². The third kappa shape index (κ3) is 4.48. The third-order valence-electron chi connectivity index (χ3n) is 5.38. The fourth-order valence-corrected chi connectivity index (χ4v) is 5.05. The molecule has 2 aliphatic rings. The minimum Gasteiger partial charge on any atom is -0.494 e. The largest absolute Gasteiger partial charge is 0.494 e. The Morgan fingerprint density at radius 1 is 1.07 bits per heavy atom. The van der Waals surface area contributed by atoms with Crippen molar-refractivity contribution in [3.63, 3.8) is 0 Å². The molecule has 2 aromatic rings. The monoisotopic (exact) mass is 433 g/mol. The minimum absolute atomic E-state index is 0.127. The molecule has 29 heavy (non-hydrogen) atoms. The highest BCUT2D eigenvalue weighted by atomic mass is 35.5. The molecule has 2 saturated heterocycles. The fraction of sp³-hybridized carbons (Fsp3) is 0.429. The highest BCUT2D eigenvalue weighted by molar-refractivity contribution is 7.16. The van der Waals surface area contributed by atoms with Crippen molar-refractivity contribution in [1.29, 1.82) is 0 Å². The summed E-state index contributed by atoms with van der Waals surface area (Å²) in [5, 5.41) is 0. The van der Waals surface area contributed by atoms with E-state index in [9.17, 15) is 9.59 Å². The van der Waals surface area contributed by atoms with Crippen LogP contribution in [-0.2, 0) is 16.1 Å². The number of amides is 2. The van der Waals surface area contributed by atoms with E-state index in [1.54, 1.807) is 35.6 Å². The lowest BCUT2D eigenvalue weighted by atomic mass is 10.1. The van der Waals surface area contributed by atoms with Crippen LogP contribution in [0.2, 0.25) is 4.34 Å². The van der Waals surface area contributed by atoms with E-state index in [1.165, 1.54) is 9.78 Å². The van der Waals surface area contributed by atoms with Gasteiger partial charge in [-0.05, 0) is 43.3 Å². The van der Waals surface area contributed by atoms with Gasteiger partial charge in [0.05, 0.1) is 29.1 Å². The molecule has 0 radical (unpaired) electrons. The highest BCUT2D eigenvalue weighted by Crippen LogP contribution is 2.28. The molecule has 1 atom stereocenters. The number of hydrogen-bond acceptors (Lipinski definition) is 6. The normalized spacial score (nSPS) is 21.2. The number of piperazine rings is 1. The van der Waals surface area contributed by atoms with Crippen LogP contribution in [0.1, 0.15) is 18.2 Å². The van der Waals surface area contributed by atoms with Crippen molar-refractivity contribution in [3.05, 3.63) is 45.6 Å². The molecular formula is C21H24ClN3O3S. The van der Waals surface area contributed by atoms with Gasteiger partial charge >= 0.3 is 0 Å². The number of anilines is 1. The lowest BCUT2D eigenvalue weighted by Crippen LogP contribution is -2.52. The van der Waals surface area contributed by atoms with E-state index in [-0.39, 0.29) is 24.3 Å². The Morgan fingerprint density at radius 2 is 1.79 bits per heavy atom. The Labute approximate surface area is 179 Å². The SMILES string of the molecule is CCOc1ccc(N2C(=O)C[C@H](N3CCN(Cc4ccc(Cl)s4)CC3)C2=O)cc1. The van der Waals surface area contributed by atoms with Crippen molar-refractivity contribution in [2.75, 3.05) is 37.7 Å². The zero-order valence-electron chi connectivity index (χ0n) is 16.3. The van der Waals surface area contributed by atoms with Crippen molar-refractivity contribution in [2.24, 2.45) is 0 Å². The summed E-state index contributed by atoms with van der Waals surface area (Å²) in [7, 11) is 0. The van der Waals surface area contributed by atoms with Gasteiger partial charge in [0.25, 0.3) is 5.91 Å². The second kappa shape index (κ2) is 8.83. The summed E-state index contributed by atoms with van der Waals surface area (Å²) >= 11 is 7.62. The summed E-state index contributed by atoms with van der Waals surface area (Å²) in [6, 6.07) is 10.8. The summed E-state index contributed by atoms with van der Waals surface area (Å²) in [6.45, 7) is 6.67. The van der Waals surface area contributed by atoms with Crippen molar-refractivity contribution in [1.82, 2.24) is 9.80 Å². The maximum atomic E-state index is 13.0. The van der Waals surface area contributed by atoms with Crippen molar-refractivity contribution in [2.45, 2.75) is 25.9 Å². The maximum Gasteiger partial charge on any atom is 0.251 e. The zero-order valence-corrected chi connectivity index (χ0v) is 17.9. The molecule has 1 aromatic heterocycles. The van der Waals surface area contributed by atoms with E-state index in [0.29, 0.717) is 12.3 Å². The quantitative estimate of drug-likeness (QED) is 0.654. The third-order valence-corrected chi connectivity index (χ3v) is 6.60. The van der Waals surface area contributed by atoms with Crippen LogP contribution in [-0.4, -0.2) is 60.4 Å². The summed E-state index contributed by atoms with van der Waals surface area (Å²) in [4.78, 5) is 32.7. The highest BCUT2D eigenvalue weighted by Gasteiger charge is 2.43. The van der Waals surface area contributed by atoms with Gasteiger partial charge in [-0.2, -0.15) is 0 Å². The first-order valence-corrected chi connectivity index (χ1v) is 11.0. The number of carbonyl (C=O) groups excluding carboxylic acids is 2. The Hall–Kier alpha value is -1.93. The molecule has 0 N–H and O–H groups in total. The number of carbonyl (C=O) groups is 2. The zero-order chi connectivity index (χ0) is 20.4. The summed E-state index contributed by atoms with van der Waals surface area (Å²) < 4.78 is 6.25. The number of benzene rings is 1. The molecule has 0 bridgehead atoms. The van der Waals surface area contributed by atoms with E-state index in [2.05, 4.69) is 15.9 Å². The van der Waals surface area contributed by atoms with Gasteiger partial charge in [-0.1, -0.05) is 11.6 Å². The molecule has 3 heterocycles. The minimum atomic E-state index is -0.368. The first-order valence-electron chi connectivity index (χ1n) is 9.85. The van der Waals surface area contributed by atoms with Gasteiger partial charge < -0.3 is 4.74 Å². The molecule has 0 aliphatic carbocycles. The topological polar surface area (TPSA) is 53.1 Å². The maximum absolute atomic E-state index is 13.0. The molecule has 2 amide bonds. The van der Waals surface area contributed by atoms with Crippen LogP contribution in [0.3, 0.4) is 0 Å². The van der Waals surface area contributed by atoms with E-state index < -0.39 is 0 Å². The molecule has 8 heteroatoms. The second-order valence-corrected chi connectivity index (χ2v) is 9.03. The molecule has 2 aliphatic heterocycles. The van der Waals surface area contributed by atoms with Crippen molar-refractivity contribution >= 4 is 40.4 Å². The number of rotatable bonds is 6. The van der Waals surface area contributed by atoms with Crippen LogP contribution in [0.5, 0.6) is 5.75 Å². The predicted molar refractivity (Wildman–Crippen MR) is 115 cm³/mol. The van der Waals surface area contributed by atoms with Crippen LogP contribution in [0.25, 0.3) is 0 Å². The molecule has 0 unspecified atom stereocenters. The fourth-order valence-electron chi connectivity index (χ4n) is 3.92. The van der Waals surface area contributed by atoms with Gasteiger partial charge in [0, 0.05) is 37.6 Å². The number of nitrogens with zero attached hydrogens (tertiary/aromatic N) is 3. The number of imide groups is 1. The number of halogens is 1. The summed E-state index contributed by atoms with van der Waals surface area (Å²) in [5.41, 5.74) is 0.610. The van der Waals surface area contributed by atoms with Gasteiger partial charge in [-0.25, -0.2) is 4.90 Å². The molecule has 2 fully saturated rings. The molecule has 6 nitrogen and oxygen atoms in total. The van der Waals surface area contributed by atoms with E-state index in [0.717, 1.165) is 42.8 Å². The Balaban J connectivity index is 1.36. The Bertz CT molecular complexity index is 878. The standard InChI is InChI=1S/C21H24ClN3O3S/c1-2-28-16-5-3-15(4-6-16)25-20(26)13-18(21(25)27)24-11-9-23(10-12-24)14-17-7-8-19(22)29-17/h3-8,18H,2,9-14H2,1H3/t18-/m0/s1. The first kappa shape index (κ1) is 20.3. The molecule has 154 valence electrons. The van der Waals surface area contributed by atoms with Gasteiger partial charge in [-0.15, -0.1) is 11.3 Å². The first-order chi connectivity index (χ1) is 14.0. The second-order valence-electron chi connectivity index (χ2n) is 7.23. The summed E-state index contributed by atoms with van der Waals surface area (Å²) in [5.74, 6) is 0.465. The smallest absolute Gasteiger partial charge is 0.251 e. The molecule has 0 saturated carbocycles. The average Bonchev–Trinajstić information content (AvgIpc) is 3.26. The molecular weight excluding hydrogens is 410 g/mol. The Kier molecular flexibility index (Phi) is 6.20. The van der Waals surface area contributed by atoms with Gasteiger partial charge in [-0.3, -0.25) is 19.4 Å². The lowest BCUT2D eigenvalue weighted by molar-refractivity contribution is -0.123. The van der Waals surface area contributed by atoms with E-state index in [4.69, 9.17) is 16.3 Å². The van der Waals surface area contributed by atoms with Crippen LogP contribution >= 0.6 is 22.9 Å². The van der Waals surface area contributed by atoms with Gasteiger partial charge in [0.1, 0.15) is 5.75 Å². The van der Waals surface area contributed by atoms with E-state index in [1.807, 2.05) is 13.0 Å². The van der Waals surface area contributed by atoms with Crippen LogP contribution in [0.4, 0.5) is 5.69 Å². The lowest BCUT2D eigenvalue weighted by Gasteiger charge is -2.36. The average molecular weight is 434 g/mol. The van der Waals surface area contributed by atoms with Gasteiger partial charge in [0.15, 0.2) is 0 Å². The predicted octanol–water partition coefficient (Wildman–Crippen LogP) is 3.25. The van der Waals surface area contributed by atoms with Crippen LogP contribution < -0.4 is 9.64 Å². The summed E-state index contributed by atoms with van der Waals surface area (Å²) in [6.07, 6.45) is 0.243. The van der Waals surface area contributed by atoms with Crippen LogP contribution in [0, 0.1) is 0 Å². The number of thiophene rings is 1. The molecule has 1 aromatic carbocycles. The van der Waals surface area contributed by atoms with Crippen molar-refractivity contribution in [3.8, 4) is 5.75 Å². The number of ether oxygens (including phenoxy) is 1. The van der Waals surface area contributed by atoms with E-state index >= 15 is 0 Å². The van der Waals surface area contributed by atoms with Gasteiger partial charge in [0.2, 0.25) is 5.91 Å². The van der Waals surface area contributed by atoms with Crippen LogP contribution in [0.15, 0.2) is 36.4 Å². The molecule has 0 spiro atoms. The Morgan fingerprint density at radius 3 is 2.41 bits per heavy atom.